The van der Waals surface area contributed by atoms with Gasteiger partial charge in [0.25, 0.3) is 0 Å². The molecule has 3 N–H and O–H groups in total. The average molecular weight is 347 g/mol. The third-order valence-electron chi connectivity index (χ3n) is 4.42. The first kappa shape index (κ1) is 17.6. The van der Waals surface area contributed by atoms with E-state index in [4.69, 9.17) is 10.5 Å². The Bertz CT molecular complexity index is 758. The molecule has 0 aliphatic carbocycles. The van der Waals surface area contributed by atoms with Crippen LogP contribution in [0.1, 0.15) is 26.8 Å². The number of carbonyl (C=O) groups is 1. The maximum absolute atomic E-state index is 12.5. The van der Waals surface area contributed by atoms with E-state index >= 15 is 0 Å². The quantitative estimate of drug-likeness (QED) is 0.794. The van der Waals surface area contributed by atoms with Crippen LogP contribution in [-0.4, -0.2) is 68.7 Å². The molecule has 0 spiro atoms. The lowest BCUT2D eigenvalue weighted by atomic mass is 10.1. The number of ether oxygens (including phenoxy) is 1. The topological polar surface area (TPSA) is 111 Å². The van der Waals surface area contributed by atoms with Gasteiger partial charge in [0.1, 0.15) is 17.9 Å². The normalized spacial score (nSPS) is 19.0. The lowest BCUT2D eigenvalue weighted by Gasteiger charge is -2.38. The molecule has 9 heteroatoms. The average Bonchev–Trinajstić information content (AvgIpc) is 2.98. The van der Waals surface area contributed by atoms with Gasteiger partial charge < -0.3 is 20.4 Å². The minimum absolute atomic E-state index is 0.0796. The van der Waals surface area contributed by atoms with E-state index in [9.17, 15) is 4.79 Å². The summed E-state index contributed by atoms with van der Waals surface area (Å²) in [6.45, 7) is 9.83. The van der Waals surface area contributed by atoms with Crippen LogP contribution in [0.3, 0.4) is 0 Å². The molecular weight excluding hydrogens is 322 g/mol. The second kappa shape index (κ2) is 6.93. The molecule has 0 bridgehead atoms. The molecule has 0 saturated carbocycles. The number of fused-ring (bicyclic) bond motifs is 1. The van der Waals surface area contributed by atoms with Crippen molar-refractivity contribution in [3.63, 3.8) is 0 Å². The van der Waals surface area contributed by atoms with Crippen molar-refractivity contribution in [1.29, 1.82) is 0 Å². The second-order valence-corrected chi connectivity index (χ2v) is 6.93. The highest BCUT2D eigenvalue weighted by atomic mass is 16.5. The van der Waals surface area contributed by atoms with E-state index in [0.717, 1.165) is 26.2 Å². The van der Waals surface area contributed by atoms with Crippen LogP contribution < -0.4 is 11.1 Å². The fraction of sp³-hybridized carbons (Fsp3) is 0.625. The molecule has 1 unspecified atom stereocenters. The molecular formula is C16H25N7O2. The van der Waals surface area contributed by atoms with Gasteiger partial charge in [-0.2, -0.15) is 0 Å². The number of nitrogens with two attached hydrogens (primary N) is 1. The molecule has 1 fully saturated rings. The van der Waals surface area contributed by atoms with Gasteiger partial charge >= 0.3 is 0 Å². The van der Waals surface area contributed by atoms with Crippen molar-refractivity contribution in [2.45, 2.75) is 32.4 Å². The summed E-state index contributed by atoms with van der Waals surface area (Å²) in [5.41, 5.74) is 6.73. The number of nitrogens with zero attached hydrogens (tertiary/aromatic N) is 5. The van der Waals surface area contributed by atoms with Crippen LogP contribution in [0.4, 0.5) is 5.82 Å². The first-order valence-electron chi connectivity index (χ1n) is 8.44. The van der Waals surface area contributed by atoms with Crippen molar-refractivity contribution in [3.8, 4) is 0 Å². The third-order valence-corrected chi connectivity index (χ3v) is 4.42. The van der Waals surface area contributed by atoms with Crippen LogP contribution in [-0.2, 0) is 9.53 Å². The molecule has 0 aromatic carbocycles. The van der Waals surface area contributed by atoms with Gasteiger partial charge in [0.2, 0.25) is 5.91 Å². The van der Waals surface area contributed by atoms with Crippen LogP contribution in [0.2, 0.25) is 0 Å². The van der Waals surface area contributed by atoms with E-state index in [1.165, 1.54) is 6.33 Å². The molecule has 9 nitrogen and oxygen atoms in total. The lowest BCUT2D eigenvalue weighted by molar-refractivity contribution is -0.124. The van der Waals surface area contributed by atoms with E-state index in [1.807, 2.05) is 6.92 Å². The summed E-state index contributed by atoms with van der Waals surface area (Å²) in [5.74, 6) is 0.232. The molecule has 25 heavy (non-hydrogen) atoms. The Morgan fingerprint density at radius 2 is 2.24 bits per heavy atom. The number of aromatic nitrogens is 4. The molecule has 1 atom stereocenters. The number of anilines is 1. The van der Waals surface area contributed by atoms with Crippen molar-refractivity contribution in [3.05, 3.63) is 12.7 Å². The zero-order valence-electron chi connectivity index (χ0n) is 14.9. The van der Waals surface area contributed by atoms with Crippen LogP contribution in [0.5, 0.6) is 0 Å². The molecule has 3 rings (SSSR count). The van der Waals surface area contributed by atoms with Crippen LogP contribution in [0.15, 0.2) is 12.7 Å². The zero-order chi connectivity index (χ0) is 18.0. The summed E-state index contributed by atoms with van der Waals surface area (Å²) in [4.78, 5) is 27.1. The number of carbonyl (C=O) groups excluding carboxylic acids is 1. The highest BCUT2D eigenvalue weighted by Gasteiger charge is 2.27. The summed E-state index contributed by atoms with van der Waals surface area (Å²) < 4.78 is 7.41. The Labute approximate surface area is 146 Å². The summed E-state index contributed by atoms with van der Waals surface area (Å²) in [6.07, 6.45) is 2.95. The molecule has 3 heterocycles. The van der Waals surface area contributed by atoms with Gasteiger partial charge in [0.05, 0.1) is 18.5 Å². The highest BCUT2D eigenvalue weighted by molar-refractivity contribution is 5.85. The number of amides is 1. The Kier molecular flexibility index (Phi) is 4.87. The molecule has 1 aliphatic rings. The fourth-order valence-corrected chi connectivity index (χ4v) is 3.07. The minimum atomic E-state index is -0.430. The number of morpholine rings is 1. The zero-order valence-corrected chi connectivity index (χ0v) is 14.9. The number of hydrogen-bond acceptors (Lipinski definition) is 7. The predicted octanol–water partition coefficient (Wildman–Crippen LogP) is 0.197. The minimum Gasteiger partial charge on any atom is -0.382 e. The number of rotatable bonds is 5. The first-order chi connectivity index (χ1) is 11.9. The van der Waals surface area contributed by atoms with E-state index < -0.39 is 6.04 Å². The van der Waals surface area contributed by atoms with Crippen molar-refractivity contribution in [2.75, 3.05) is 38.5 Å². The van der Waals surface area contributed by atoms with Crippen LogP contribution in [0.25, 0.3) is 11.2 Å². The summed E-state index contributed by atoms with van der Waals surface area (Å²) >= 11 is 0. The number of hydrogen-bond donors (Lipinski definition) is 2. The molecule has 2 aromatic heterocycles. The Morgan fingerprint density at radius 3 is 3.00 bits per heavy atom. The molecule has 2 aromatic rings. The summed E-state index contributed by atoms with van der Waals surface area (Å²) in [7, 11) is 0. The van der Waals surface area contributed by atoms with Gasteiger partial charge in [-0.1, -0.05) is 0 Å². The van der Waals surface area contributed by atoms with Crippen molar-refractivity contribution in [1.82, 2.24) is 29.7 Å². The Balaban J connectivity index is 1.56. The standard InChI is InChI=1S/C16H25N7O2/c1-11(23-10-21-12-13(17)19-9-20-14(12)23)15(24)18-4-5-22-6-7-25-16(2,3)8-22/h9-11H,4-8H2,1-3H3,(H,18,24)(H2,17,19,20). The maximum Gasteiger partial charge on any atom is 0.242 e. The van der Waals surface area contributed by atoms with Crippen molar-refractivity contribution < 1.29 is 9.53 Å². The van der Waals surface area contributed by atoms with E-state index in [-0.39, 0.29) is 11.5 Å². The van der Waals surface area contributed by atoms with Gasteiger partial charge in [-0.05, 0) is 20.8 Å². The number of imidazole rings is 1. The number of nitrogens with one attached hydrogen (secondary N) is 1. The molecule has 136 valence electrons. The summed E-state index contributed by atoms with van der Waals surface area (Å²) in [5, 5.41) is 2.98. The molecule has 1 amide bonds. The predicted molar refractivity (Wildman–Crippen MR) is 93.9 cm³/mol. The van der Waals surface area contributed by atoms with Gasteiger partial charge in [-0.15, -0.1) is 0 Å². The SMILES string of the molecule is CC(C(=O)NCCN1CCOC(C)(C)C1)n1cnc2c(N)ncnc21. The van der Waals surface area contributed by atoms with E-state index in [1.54, 1.807) is 10.9 Å². The monoisotopic (exact) mass is 347 g/mol. The van der Waals surface area contributed by atoms with Crippen LogP contribution >= 0.6 is 0 Å². The Morgan fingerprint density at radius 1 is 1.44 bits per heavy atom. The van der Waals surface area contributed by atoms with E-state index in [0.29, 0.717) is 23.5 Å². The largest absolute Gasteiger partial charge is 0.382 e. The highest BCUT2D eigenvalue weighted by Crippen LogP contribution is 2.19. The van der Waals surface area contributed by atoms with Gasteiger partial charge in [-0.3, -0.25) is 9.69 Å². The van der Waals surface area contributed by atoms with Gasteiger partial charge in [0, 0.05) is 26.2 Å². The first-order valence-corrected chi connectivity index (χ1v) is 8.44. The van der Waals surface area contributed by atoms with E-state index in [2.05, 4.69) is 39.0 Å². The summed E-state index contributed by atoms with van der Waals surface area (Å²) in [6, 6.07) is -0.430. The maximum atomic E-state index is 12.5. The molecule has 1 saturated heterocycles. The fourth-order valence-electron chi connectivity index (χ4n) is 3.07. The van der Waals surface area contributed by atoms with Crippen molar-refractivity contribution in [2.24, 2.45) is 0 Å². The van der Waals surface area contributed by atoms with Crippen molar-refractivity contribution >= 4 is 22.9 Å². The van der Waals surface area contributed by atoms with Crippen LogP contribution in [0, 0.1) is 0 Å². The smallest absolute Gasteiger partial charge is 0.242 e. The second-order valence-electron chi connectivity index (χ2n) is 6.93. The van der Waals surface area contributed by atoms with Gasteiger partial charge in [0.15, 0.2) is 11.5 Å². The third kappa shape index (κ3) is 3.88. The Hall–Kier alpha value is -2.26. The van der Waals surface area contributed by atoms with Gasteiger partial charge in [-0.25, -0.2) is 15.0 Å². The molecule has 0 radical (unpaired) electrons. The molecule has 1 aliphatic heterocycles. The lowest BCUT2D eigenvalue weighted by Crippen LogP contribution is -2.50. The number of nitrogen functional groups attached to an aromatic ring is 1.